The molecule has 15 heavy (non-hydrogen) atoms. The number of benzene rings is 1. The molecule has 0 aromatic heterocycles. The molecule has 0 aliphatic carbocycles. The van der Waals surface area contributed by atoms with Crippen molar-refractivity contribution < 1.29 is 9.47 Å². The molecule has 0 heterocycles. The number of halogens is 1. The molecular formula is C12H19ClO2. The Labute approximate surface area is 97.2 Å². The van der Waals surface area contributed by atoms with Crippen molar-refractivity contribution in [2.45, 2.75) is 20.8 Å². The summed E-state index contributed by atoms with van der Waals surface area (Å²) in [5.74, 6) is 0.712. The van der Waals surface area contributed by atoms with E-state index in [0.29, 0.717) is 24.0 Å². The Hall–Kier alpha value is -0.730. The second-order valence-electron chi connectivity index (χ2n) is 2.78. The highest BCUT2D eigenvalue weighted by molar-refractivity contribution is 6.32. The smallest absolute Gasteiger partial charge is 0.138 e. The van der Waals surface area contributed by atoms with Crippen LogP contribution in [0.15, 0.2) is 18.2 Å². The fourth-order valence-corrected chi connectivity index (χ4v) is 1.25. The maximum atomic E-state index is 5.94. The van der Waals surface area contributed by atoms with E-state index in [2.05, 4.69) is 0 Å². The molecule has 0 saturated carbocycles. The van der Waals surface area contributed by atoms with Gasteiger partial charge < -0.3 is 9.47 Å². The van der Waals surface area contributed by atoms with Gasteiger partial charge in [0, 0.05) is 7.11 Å². The third-order valence-electron chi connectivity index (χ3n) is 1.63. The minimum absolute atomic E-state index is 0.527. The molecule has 0 amide bonds. The van der Waals surface area contributed by atoms with E-state index in [4.69, 9.17) is 21.1 Å². The second-order valence-corrected chi connectivity index (χ2v) is 3.18. The maximum absolute atomic E-state index is 5.94. The van der Waals surface area contributed by atoms with Crippen molar-refractivity contribution in [3.63, 3.8) is 0 Å². The zero-order chi connectivity index (χ0) is 11.7. The van der Waals surface area contributed by atoms with Gasteiger partial charge in [0.1, 0.15) is 12.4 Å². The lowest BCUT2D eigenvalue weighted by Crippen LogP contribution is -2.04. The van der Waals surface area contributed by atoms with Crippen molar-refractivity contribution in [3.05, 3.63) is 28.8 Å². The van der Waals surface area contributed by atoms with Crippen molar-refractivity contribution in [2.75, 3.05) is 20.3 Å². The van der Waals surface area contributed by atoms with Crippen LogP contribution in [0.5, 0.6) is 5.75 Å². The Bertz CT molecular complexity index is 274. The average molecular weight is 231 g/mol. The van der Waals surface area contributed by atoms with Gasteiger partial charge in [-0.3, -0.25) is 0 Å². The summed E-state index contributed by atoms with van der Waals surface area (Å²) in [5.41, 5.74) is 1.13. The molecule has 1 rings (SSSR count). The maximum Gasteiger partial charge on any atom is 0.138 e. The fourth-order valence-electron chi connectivity index (χ4n) is 0.958. The third kappa shape index (κ3) is 5.65. The van der Waals surface area contributed by atoms with Crippen LogP contribution in [0.3, 0.4) is 0 Å². The molecule has 0 aliphatic heterocycles. The predicted octanol–water partition coefficient (Wildman–Crippen LogP) is 3.70. The summed E-state index contributed by atoms with van der Waals surface area (Å²) in [7, 11) is 1.64. The van der Waals surface area contributed by atoms with E-state index in [1.807, 2.05) is 39.0 Å². The molecule has 0 fully saturated rings. The first-order valence-corrected chi connectivity index (χ1v) is 5.49. The lowest BCUT2D eigenvalue weighted by Gasteiger charge is -2.07. The minimum Gasteiger partial charge on any atom is -0.490 e. The van der Waals surface area contributed by atoms with E-state index in [9.17, 15) is 0 Å². The largest absolute Gasteiger partial charge is 0.490 e. The number of methoxy groups -OCH3 is 1. The predicted molar refractivity (Wildman–Crippen MR) is 64.9 cm³/mol. The third-order valence-corrected chi connectivity index (χ3v) is 1.93. The Balaban J connectivity index is 0.000000921. The molecular weight excluding hydrogens is 212 g/mol. The van der Waals surface area contributed by atoms with Crippen LogP contribution >= 0.6 is 11.6 Å². The summed E-state index contributed by atoms with van der Waals surface area (Å²) < 4.78 is 10.2. The van der Waals surface area contributed by atoms with E-state index < -0.39 is 0 Å². The SMILES string of the molecule is CC.COCCOc1ccc(C)cc1Cl. The molecule has 1 aromatic carbocycles. The van der Waals surface area contributed by atoms with Gasteiger partial charge in [-0.15, -0.1) is 0 Å². The Kier molecular flexibility index (Phi) is 8.15. The van der Waals surface area contributed by atoms with Gasteiger partial charge in [-0.1, -0.05) is 31.5 Å². The van der Waals surface area contributed by atoms with Crippen molar-refractivity contribution in [2.24, 2.45) is 0 Å². The summed E-state index contributed by atoms with van der Waals surface area (Å²) in [5, 5.41) is 0.649. The van der Waals surface area contributed by atoms with Gasteiger partial charge in [-0.05, 0) is 24.6 Å². The van der Waals surface area contributed by atoms with Crippen LogP contribution in [-0.2, 0) is 4.74 Å². The molecule has 0 atom stereocenters. The van der Waals surface area contributed by atoms with Crippen LogP contribution in [-0.4, -0.2) is 20.3 Å². The van der Waals surface area contributed by atoms with Gasteiger partial charge in [-0.25, -0.2) is 0 Å². The van der Waals surface area contributed by atoms with E-state index >= 15 is 0 Å². The van der Waals surface area contributed by atoms with Crippen LogP contribution in [0.4, 0.5) is 0 Å². The van der Waals surface area contributed by atoms with Gasteiger partial charge in [-0.2, -0.15) is 0 Å². The summed E-state index contributed by atoms with van der Waals surface area (Å²) in [4.78, 5) is 0. The molecule has 0 aliphatic rings. The van der Waals surface area contributed by atoms with Crippen LogP contribution in [0, 0.1) is 6.92 Å². The highest BCUT2D eigenvalue weighted by atomic mass is 35.5. The lowest BCUT2D eigenvalue weighted by molar-refractivity contribution is 0.146. The van der Waals surface area contributed by atoms with Crippen molar-refractivity contribution in [3.8, 4) is 5.75 Å². The first-order chi connectivity index (χ1) is 7.24. The van der Waals surface area contributed by atoms with Gasteiger partial charge in [0.15, 0.2) is 0 Å². The highest BCUT2D eigenvalue weighted by Gasteiger charge is 2.00. The Morgan fingerprint density at radius 3 is 2.40 bits per heavy atom. The minimum atomic E-state index is 0.527. The number of hydrogen-bond donors (Lipinski definition) is 0. The molecule has 3 heteroatoms. The topological polar surface area (TPSA) is 18.5 Å². The number of ether oxygens (including phenoxy) is 2. The first-order valence-electron chi connectivity index (χ1n) is 5.12. The van der Waals surface area contributed by atoms with Crippen LogP contribution in [0.2, 0.25) is 5.02 Å². The van der Waals surface area contributed by atoms with Crippen LogP contribution in [0.1, 0.15) is 19.4 Å². The number of hydrogen-bond acceptors (Lipinski definition) is 2. The normalized spacial score (nSPS) is 9.13. The number of rotatable bonds is 4. The van der Waals surface area contributed by atoms with E-state index in [1.54, 1.807) is 7.11 Å². The fraction of sp³-hybridized carbons (Fsp3) is 0.500. The molecule has 0 unspecified atom stereocenters. The zero-order valence-corrected chi connectivity index (χ0v) is 10.6. The van der Waals surface area contributed by atoms with Gasteiger partial charge in [0.2, 0.25) is 0 Å². The van der Waals surface area contributed by atoms with E-state index in [0.717, 1.165) is 5.56 Å². The van der Waals surface area contributed by atoms with E-state index in [-0.39, 0.29) is 0 Å². The lowest BCUT2D eigenvalue weighted by atomic mass is 10.2. The summed E-state index contributed by atoms with van der Waals surface area (Å²) in [6, 6.07) is 5.71. The summed E-state index contributed by atoms with van der Waals surface area (Å²) >= 11 is 5.94. The average Bonchev–Trinajstić information content (AvgIpc) is 2.24. The van der Waals surface area contributed by atoms with Gasteiger partial charge in [0.25, 0.3) is 0 Å². The monoisotopic (exact) mass is 230 g/mol. The second kappa shape index (κ2) is 8.57. The molecule has 0 saturated heterocycles. The van der Waals surface area contributed by atoms with Crippen molar-refractivity contribution in [1.29, 1.82) is 0 Å². The Morgan fingerprint density at radius 1 is 1.20 bits per heavy atom. The standard InChI is InChI=1S/C10H13ClO2.C2H6/c1-8-3-4-10(9(11)7-8)13-6-5-12-2;1-2/h3-4,7H,5-6H2,1-2H3;1-2H3. The molecule has 0 N–H and O–H groups in total. The van der Waals surface area contributed by atoms with Gasteiger partial charge >= 0.3 is 0 Å². The van der Waals surface area contributed by atoms with Crippen molar-refractivity contribution in [1.82, 2.24) is 0 Å². The van der Waals surface area contributed by atoms with Crippen molar-refractivity contribution >= 4 is 11.6 Å². The molecule has 2 nitrogen and oxygen atoms in total. The van der Waals surface area contributed by atoms with Crippen LogP contribution in [0.25, 0.3) is 0 Å². The quantitative estimate of drug-likeness (QED) is 0.735. The first kappa shape index (κ1) is 14.3. The summed E-state index contributed by atoms with van der Waals surface area (Å²) in [6.07, 6.45) is 0. The molecule has 0 bridgehead atoms. The molecule has 1 aromatic rings. The number of aryl methyl sites for hydroxylation is 1. The Morgan fingerprint density at radius 2 is 1.87 bits per heavy atom. The van der Waals surface area contributed by atoms with Gasteiger partial charge in [0.05, 0.1) is 11.6 Å². The molecule has 0 spiro atoms. The molecule has 86 valence electrons. The van der Waals surface area contributed by atoms with E-state index in [1.165, 1.54) is 0 Å². The van der Waals surface area contributed by atoms with Crippen LogP contribution < -0.4 is 4.74 Å². The summed E-state index contributed by atoms with van der Waals surface area (Å²) in [6.45, 7) is 7.09. The zero-order valence-electron chi connectivity index (χ0n) is 9.84. The highest BCUT2D eigenvalue weighted by Crippen LogP contribution is 2.24. The molecule has 0 radical (unpaired) electrons.